The molecule has 3 rings (SSSR count). The smallest absolute Gasteiger partial charge is 0.143 e. The number of pyridine rings is 1. The molecule has 0 aromatic carbocycles. The third-order valence-corrected chi connectivity index (χ3v) is 6.54. The lowest BCUT2D eigenvalue weighted by Gasteiger charge is -2.16. The predicted octanol–water partition coefficient (Wildman–Crippen LogP) is 4.71. The second-order valence-electron chi connectivity index (χ2n) is 7.64. The Bertz CT molecular complexity index is 894. The van der Waals surface area contributed by atoms with Crippen molar-refractivity contribution in [3.8, 4) is 11.4 Å². The Labute approximate surface area is 154 Å². The molecule has 3 heterocycles. The summed E-state index contributed by atoms with van der Waals surface area (Å²) < 4.78 is 9.94. The van der Waals surface area contributed by atoms with E-state index in [0.717, 1.165) is 45.7 Å². The number of fused-ring (bicyclic) bond motifs is 1. The molecule has 0 N–H and O–H groups in total. The molecule has 0 fully saturated rings. The lowest BCUT2D eigenvalue weighted by molar-refractivity contribution is 0.0908. The van der Waals surface area contributed by atoms with E-state index in [1.807, 2.05) is 30.9 Å². The second-order valence-corrected chi connectivity index (χ2v) is 13.6. The first-order valence-corrected chi connectivity index (χ1v) is 12.6. The molecule has 0 radical (unpaired) electrons. The lowest BCUT2D eigenvalue weighted by atomic mass is 10.2. The van der Waals surface area contributed by atoms with E-state index in [1.54, 1.807) is 6.20 Å². The van der Waals surface area contributed by atoms with Gasteiger partial charge in [0.25, 0.3) is 0 Å². The van der Waals surface area contributed by atoms with Gasteiger partial charge in [0.1, 0.15) is 12.4 Å². The molecule has 0 saturated carbocycles. The average molecular weight is 377 g/mol. The van der Waals surface area contributed by atoms with Crippen LogP contribution in [0.5, 0.6) is 0 Å². The first-order chi connectivity index (χ1) is 11.8. The van der Waals surface area contributed by atoms with Crippen LogP contribution in [0.2, 0.25) is 30.7 Å². The van der Waals surface area contributed by atoms with Crippen LogP contribution in [0.4, 0.5) is 0 Å². The van der Waals surface area contributed by atoms with Crippen LogP contribution < -0.4 is 0 Å². The van der Waals surface area contributed by atoms with Crippen LogP contribution >= 0.6 is 11.6 Å². The summed E-state index contributed by atoms with van der Waals surface area (Å²) in [4.78, 5) is 4.61. The zero-order chi connectivity index (χ0) is 18.2. The maximum absolute atomic E-state index is 6.52. The van der Waals surface area contributed by atoms with Gasteiger partial charge in [-0.1, -0.05) is 31.2 Å². The fourth-order valence-electron chi connectivity index (χ4n) is 2.77. The molecule has 25 heavy (non-hydrogen) atoms. The molecule has 0 aliphatic carbocycles. The van der Waals surface area contributed by atoms with E-state index in [9.17, 15) is 0 Å². The minimum Gasteiger partial charge on any atom is -0.361 e. The van der Waals surface area contributed by atoms with Gasteiger partial charge in [-0.2, -0.15) is 5.10 Å². The van der Waals surface area contributed by atoms with Gasteiger partial charge in [0.2, 0.25) is 0 Å². The minimum atomic E-state index is -1.11. The summed E-state index contributed by atoms with van der Waals surface area (Å²) in [6, 6.07) is 5.21. The number of aromatic nitrogens is 4. The molecular weight excluding hydrogens is 352 g/mol. The highest BCUT2D eigenvalue weighted by molar-refractivity contribution is 6.76. The summed E-state index contributed by atoms with van der Waals surface area (Å²) in [6.45, 7) is 10.3. The molecule has 134 valence electrons. The molecular formula is C18H25ClN4OSi. The van der Waals surface area contributed by atoms with Gasteiger partial charge in [-0.05, 0) is 30.7 Å². The number of hydrogen-bond donors (Lipinski definition) is 0. The van der Waals surface area contributed by atoms with E-state index in [1.165, 1.54) is 0 Å². The summed E-state index contributed by atoms with van der Waals surface area (Å²) in [5, 5.41) is 5.98. The van der Waals surface area contributed by atoms with Gasteiger partial charge in [0.05, 0.1) is 16.4 Å². The number of nitrogens with zero attached hydrogens (tertiary/aromatic N) is 4. The Morgan fingerprint density at radius 2 is 2.00 bits per heavy atom. The quantitative estimate of drug-likeness (QED) is 0.462. The largest absolute Gasteiger partial charge is 0.361 e. The van der Waals surface area contributed by atoms with Crippen molar-refractivity contribution in [2.24, 2.45) is 7.05 Å². The molecule has 3 aromatic rings. The highest BCUT2D eigenvalue weighted by Gasteiger charge is 2.18. The van der Waals surface area contributed by atoms with E-state index < -0.39 is 8.07 Å². The normalized spacial score (nSPS) is 12.2. The van der Waals surface area contributed by atoms with Crippen LogP contribution in [0, 0.1) is 6.92 Å². The highest BCUT2D eigenvalue weighted by Crippen LogP contribution is 2.32. The van der Waals surface area contributed by atoms with Crippen molar-refractivity contribution in [2.45, 2.75) is 39.3 Å². The maximum Gasteiger partial charge on any atom is 0.143 e. The van der Waals surface area contributed by atoms with Crippen LogP contribution in [0.1, 0.15) is 5.56 Å². The van der Waals surface area contributed by atoms with E-state index in [2.05, 4.69) is 40.4 Å². The van der Waals surface area contributed by atoms with Gasteiger partial charge in [-0.15, -0.1) is 0 Å². The molecule has 7 heteroatoms. The molecule has 3 aromatic heterocycles. The Balaban J connectivity index is 1.99. The fraction of sp³-hybridized carbons (Fsp3) is 0.444. The monoisotopic (exact) mass is 376 g/mol. The summed E-state index contributed by atoms with van der Waals surface area (Å²) in [6.07, 6.45) is 3.61. The second kappa shape index (κ2) is 6.94. The first-order valence-electron chi connectivity index (χ1n) is 8.48. The number of halogens is 1. The van der Waals surface area contributed by atoms with Gasteiger partial charge in [-0.25, -0.2) is 4.98 Å². The predicted molar refractivity (Wildman–Crippen MR) is 106 cm³/mol. The van der Waals surface area contributed by atoms with Crippen LogP contribution in [-0.4, -0.2) is 34.0 Å². The van der Waals surface area contributed by atoms with Gasteiger partial charge < -0.3 is 4.74 Å². The van der Waals surface area contributed by atoms with Gasteiger partial charge in [0.15, 0.2) is 0 Å². The Morgan fingerprint density at radius 3 is 2.64 bits per heavy atom. The summed E-state index contributed by atoms with van der Waals surface area (Å²) >= 11 is 6.52. The molecule has 0 aliphatic heterocycles. The van der Waals surface area contributed by atoms with Crippen molar-refractivity contribution in [2.75, 3.05) is 6.61 Å². The van der Waals surface area contributed by atoms with Crippen LogP contribution in [-0.2, 0) is 18.5 Å². The van der Waals surface area contributed by atoms with E-state index >= 15 is 0 Å². The number of aryl methyl sites for hydroxylation is 2. The molecule has 0 spiro atoms. The maximum atomic E-state index is 6.52. The molecule has 0 unspecified atom stereocenters. The lowest BCUT2D eigenvalue weighted by Crippen LogP contribution is -2.22. The highest BCUT2D eigenvalue weighted by atomic mass is 35.5. The van der Waals surface area contributed by atoms with Crippen molar-refractivity contribution < 1.29 is 4.74 Å². The first kappa shape index (κ1) is 18.2. The minimum absolute atomic E-state index is 0.459. The molecule has 0 amide bonds. The van der Waals surface area contributed by atoms with Gasteiger partial charge >= 0.3 is 0 Å². The zero-order valence-electron chi connectivity index (χ0n) is 15.5. The molecule has 5 nitrogen and oxygen atoms in total. The standard InChI is InChI=1S/C18H25ClN4OSi/c1-13-11-20-18-14(17(13)19)10-16(15-6-7-21-22(15)2)23(18)12-24-8-9-25(3,4)5/h6-7,10-11H,8-9,12H2,1-5H3. The third-order valence-electron chi connectivity index (χ3n) is 4.33. The van der Waals surface area contributed by atoms with Crippen molar-refractivity contribution in [3.63, 3.8) is 0 Å². The van der Waals surface area contributed by atoms with Crippen LogP contribution in [0.25, 0.3) is 22.4 Å². The average Bonchev–Trinajstić information content (AvgIpc) is 3.10. The third kappa shape index (κ3) is 3.81. The van der Waals surface area contributed by atoms with Crippen molar-refractivity contribution in [1.29, 1.82) is 0 Å². The van der Waals surface area contributed by atoms with Gasteiger partial charge in [-0.3, -0.25) is 9.25 Å². The molecule has 0 aliphatic rings. The Morgan fingerprint density at radius 1 is 1.24 bits per heavy atom. The SMILES string of the molecule is Cc1cnc2c(cc(-c3ccnn3C)n2COCC[Si](C)(C)C)c1Cl. The van der Waals surface area contributed by atoms with Crippen LogP contribution in [0.3, 0.4) is 0 Å². The number of ether oxygens (including phenoxy) is 1. The number of rotatable bonds is 6. The van der Waals surface area contributed by atoms with E-state index in [0.29, 0.717) is 6.73 Å². The summed E-state index contributed by atoms with van der Waals surface area (Å²) in [5.74, 6) is 0. The summed E-state index contributed by atoms with van der Waals surface area (Å²) in [7, 11) is 0.824. The van der Waals surface area contributed by atoms with Gasteiger partial charge in [0, 0.05) is 39.5 Å². The Hall–Kier alpha value is -1.63. The van der Waals surface area contributed by atoms with E-state index in [-0.39, 0.29) is 0 Å². The summed E-state index contributed by atoms with van der Waals surface area (Å²) in [5.41, 5.74) is 3.85. The fourth-order valence-corrected chi connectivity index (χ4v) is 3.71. The number of hydrogen-bond acceptors (Lipinski definition) is 3. The topological polar surface area (TPSA) is 44.9 Å². The van der Waals surface area contributed by atoms with Crippen molar-refractivity contribution >= 4 is 30.7 Å². The van der Waals surface area contributed by atoms with Crippen molar-refractivity contribution in [3.05, 3.63) is 35.1 Å². The van der Waals surface area contributed by atoms with E-state index in [4.69, 9.17) is 16.3 Å². The molecule has 0 atom stereocenters. The zero-order valence-corrected chi connectivity index (χ0v) is 17.3. The van der Waals surface area contributed by atoms with Crippen molar-refractivity contribution in [1.82, 2.24) is 19.3 Å². The van der Waals surface area contributed by atoms with Crippen LogP contribution in [0.15, 0.2) is 24.5 Å². The Kier molecular flexibility index (Phi) is 5.04. The molecule has 0 saturated heterocycles. The molecule has 0 bridgehead atoms.